The van der Waals surface area contributed by atoms with Crippen LogP contribution in [0.1, 0.15) is 30.5 Å². The van der Waals surface area contributed by atoms with Gasteiger partial charge in [-0.25, -0.2) is 8.78 Å². The van der Waals surface area contributed by atoms with Crippen molar-refractivity contribution in [3.63, 3.8) is 0 Å². The van der Waals surface area contributed by atoms with Gasteiger partial charge in [-0.3, -0.25) is 0 Å². The number of benzene rings is 3. The first-order valence-electron chi connectivity index (χ1n) is 9.09. The molecule has 2 atom stereocenters. The second-order valence-corrected chi connectivity index (χ2v) is 7.22. The summed E-state index contributed by atoms with van der Waals surface area (Å²) in [6.45, 7) is 4.42. The van der Waals surface area contributed by atoms with Gasteiger partial charge < -0.3 is 0 Å². The zero-order valence-electron chi connectivity index (χ0n) is 15.3. The molecule has 3 aromatic carbocycles. The van der Waals surface area contributed by atoms with Crippen molar-refractivity contribution < 1.29 is 8.78 Å². The Morgan fingerprint density at radius 3 is 1.74 bits per heavy atom. The Morgan fingerprint density at radius 2 is 1.26 bits per heavy atom. The maximum Gasteiger partial charge on any atom is 0.123 e. The van der Waals surface area contributed by atoms with Gasteiger partial charge >= 0.3 is 0 Å². The van der Waals surface area contributed by atoms with Gasteiger partial charge in [0.15, 0.2) is 0 Å². The molecule has 1 fully saturated rings. The highest BCUT2D eigenvalue weighted by Gasteiger charge is 2.54. The Hall–Kier alpha value is -2.96. The van der Waals surface area contributed by atoms with Crippen molar-refractivity contribution in [2.45, 2.75) is 19.3 Å². The van der Waals surface area contributed by atoms with Crippen LogP contribution < -0.4 is 0 Å². The zero-order valence-corrected chi connectivity index (χ0v) is 15.3. The maximum absolute atomic E-state index is 13.4. The van der Waals surface area contributed by atoms with Gasteiger partial charge in [-0.2, -0.15) is 0 Å². The summed E-state index contributed by atoms with van der Waals surface area (Å²) in [5.41, 5.74) is 8.58. The van der Waals surface area contributed by atoms with Gasteiger partial charge in [0.1, 0.15) is 11.6 Å². The van der Waals surface area contributed by atoms with Gasteiger partial charge in [0.2, 0.25) is 0 Å². The third-order valence-electron chi connectivity index (χ3n) is 5.67. The van der Waals surface area contributed by atoms with Gasteiger partial charge in [-0.15, -0.1) is 5.73 Å². The molecule has 0 amide bonds. The minimum Gasteiger partial charge on any atom is -0.207 e. The Balaban J connectivity index is 1.90. The SMILES string of the molecule is C[C@@H]1C(=C=C(c2ccc(F)cc2)c2ccc(F)cc2)[C@@]1(C)c1ccccc1. The fourth-order valence-electron chi connectivity index (χ4n) is 3.73. The molecule has 0 aliphatic heterocycles. The van der Waals surface area contributed by atoms with Gasteiger partial charge in [0, 0.05) is 11.0 Å². The Bertz CT molecular complexity index is 976. The molecule has 0 saturated heterocycles. The van der Waals surface area contributed by atoms with Crippen LogP contribution in [0.4, 0.5) is 8.78 Å². The molecular formula is C25H20F2. The van der Waals surface area contributed by atoms with Crippen molar-refractivity contribution >= 4 is 5.57 Å². The molecule has 1 aliphatic rings. The van der Waals surface area contributed by atoms with Crippen LogP contribution in [-0.2, 0) is 5.41 Å². The lowest BCUT2D eigenvalue weighted by Crippen LogP contribution is -2.02. The third-order valence-corrected chi connectivity index (χ3v) is 5.67. The number of rotatable bonds is 3. The fraction of sp³-hybridized carbons (Fsp3) is 0.160. The van der Waals surface area contributed by atoms with Gasteiger partial charge in [0.05, 0.1) is 0 Å². The summed E-state index contributed by atoms with van der Waals surface area (Å²) in [4.78, 5) is 0. The summed E-state index contributed by atoms with van der Waals surface area (Å²) in [5, 5.41) is 0. The van der Waals surface area contributed by atoms with E-state index < -0.39 is 0 Å². The molecule has 0 N–H and O–H groups in total. The van der Waals surface area contributed by atoms with Crippen LogP contribution in [0.15, 0.2) is 90.2 Å². The lowest BCUT2D eigenvalue weighted by molar-refractivity contribution is 0.627. The second-order valence-electron chi connectivity index (χ2n) is 7.22. The minimum absolute atomic E-state index is 0.0629. The first-order valence-corrected chi connectivity index (χ1v) is 9.09. The number of hydrogen-bond acceptors (Lipinski definition) is 0. The normalized spacial score (nSPS) is 20.9. The maximum atomic E-state index is 13.4. The van der Waals surface area contributed by atoms with Crippen LogP contribution in [0.3, 0.4) is 0 Å². The molecule has 1 saturated carbocycles. The van der Waals surface area contributed by atoms with Crippen LogP contribution in [0.5, 0.6) is 0 Å². The lowest BCUT2D eigenvalue weighted by atomic mass is 9.94. The van der Waals surface area contributed by atoms with Crippen molar-refractivity contribution in [1.29, 1.82) is 0 Å². The monoisotopic (exact) mass is 358 g/mol. The molecule has 4 rings (SSSR count). The molecule has 0 radical (unpaired) electrons. The molecule has 2 heteroatoms. The first kappa shape index (κ1) is 17.5. The van der Waals surface area contributed by atoms with E-state index in [1.54, 1.807) is 24.3 Å². The Labute approximate surface area is 158 Å². The number of allylic oxidation sites excluding steroid dienone is 1. The van der Waals surface area contributed by atoms with Crippen LogP contribution in [-0.4, -0.2) is 0 Å². The standard InChI is InChI=1S/C25H20F2/c1-17-24(25(17,2)20-6-4-3-5-7-20)16-23(18-8-12-21(26)13-9-18)19-10-14-22(27)15-11-19/h3-15,17H,1-2H3/t17-,25-/m1/s1. The molecular weight excluding hydrogens is 338 g/mol. The van der Waals surface area contributed by atoms with Gasteiger partial charge in [-0.05, 0) is 52.4 Å². The molecule has 0 heterocycles. The van der Waals surface area contributed by atoms with Gasteiger partial charge in [0.25, 0.3) is 0 Å². The molecule has 1 aliphatic carbocycles. The van der Waals surface area contributed by atoms with E-state index in [4.69, 9.17) is 0 Å². The summed E-state index contributed by atoms with van der Waals surface area (Å²) in [5.74, 6) is -0.201. The van der Waals surface area contributed by atoms with Crippen LogP contribution in [0, 0.1) is 17.6 Å². The molecule has 0 spiro atoms. The van der Waals surface area contributed by atoms with E-state index in [2.05, 4.69) is 31.7 Å². The van der Waals surface area contributed by atoms with Crippen molar-refractivity contribution in [1.82, 2.24) is 0 Å². The van der Waals surface area contributed by atoms with Crippen molar-refractivity contribution in [3.05, 3.63) is 118 Å². The highest BCUT2D eigenvalue weighted by molar-refractivity contribution is 5.80. The van der Waals surface area contributed by atoms with E-state index in [1.807, 2.05) is 18.2 Å². The Kier molecular flexibility index (Phi) is 4.30. The minimum atomic E-state index is -0.279. The van der Waals surface area contributed by atoms with E-state index in [0.717, 1.165) is 16.7 Å². The lowest BCUT2D eigenvalue weighted by Gasteiger charge is -2.09. The average Bonchev–Trinajstić information content (AvgIpc) is 3.23. The predicted octanol–water partition coefficient (Wildman–Crippen LogP) is 6.53. The van der Waals surface area contributed by atoms with Crippen molar-refractivity contribution in [3.8, 4) is 0 Å². The molecule has 3 aromatic rings. The summed E-state index contributed by atoms with van der Waals surface area (Å²) >= 11 is 0. The van der Waals surface area contributed by atoms with E-state index in [-0.39, 0.29) is 17.0 Å². The highest BCUT2D eigenvalue weighted by atomic mass is 19.1. The smallest absolute Gasteiger partial charge is 0.123 e. The number of halogens is 2. The van der Waals surface area contributed by atoms with E-state index in [1.165, 1.54) is 35.4 Å². The summed E-state index contributed by atoms with van der Waals surface area (Å²) in [6, 6.07) is 23.1. The molecule has 0 unspecified atom stereocenters. The number of hydrogen-bond donors (Lipinski definition) is 0. The van der Waals surface area contributed by atoms with Crippen LogP contribution >= 0.6 is 0 Å². The van der Waals surface area contributed by atoms with Crippen molar-refractivity contribution in [2.75, 3.05) is 0 Å². The second kappa shape index (κ2) is 6.64. The molecule has 27 heavy (non-hydrogen) atoms. The zero-order chi connectivity index (χ0) is 19.0. The Morgan fingerprint density at radius 1 is 0.778 bits per heavy atom. The van der Waals surface area contributed by atoms with Crippen LogP contribution in [0.2, 0.25) is 0 Å². The quantitative estimate of drug-likeness (QED) is 0.467. The predicted molar refractivity (Wildman–Crippen MR) is 105 cm³/mol. The molecule has 0 aromatic heterocycles. The summed E-state index contributed by atoms with van der Waals surface area (Å²) in [7, 11) is 0. The fourth-order valence-corrected chi connectivity index (χ4v) is 3.73. The van der Waals surface area contributed by atoms with Gasteiger partial charge in [-0.1, -0.05) is 68.4 Å². The topological polar surface area (TPSA) is 0 Å². The molecule has 134 valence electrons. The third kappa shape index (κ3) is 3.13. The van der Waals surface area contributed by atoms with E-state index >= 15 is 0 Å². The van der Waals surface area contributed by atoms with E-state index in [0.29, 0.717) is 5.92 Å². The molecule has 0 nitrogen and oxygen atoms in total. The van der Waals surface area contributed by atoms with E-state index in [9.17, 15) is 8.78 Å². The first-order chi connectivity index (χ1) is 13.0. The summed E-state index contributed by atoms with van der Waals surface area (Å²) in [6.07, 6.45) is 0. The highest BCUT2D eigenvalue weighted by Crippen LogP contribution is 2.58. The van der Waals surface area contributed by atoms with Crippen molar-refractivity contribution in [2.24, 2.45) is 5.92 Å². The average molecular weight is 358 g/mol. The summed E-state index contributed by atoms with van der Waals surface area (Å²) < 4.78 is 26.8. The molecule has 0 bridgehead atoms. The van der Waals surface area contributed by atoms with Crippen LogP contribution in [0.25, 0.3) is 5.57 Å². The largest absolute Gasteiger partial charge is 0.207 e.